The largest absolute Gasteiger partial charge is 0.497 e. The molecule has 0 aliphatic carbocycles. The van der Waals surface area contributed by atoms with Crippen LogP contribution in [0.25, 0.3) is 0 Å². The van der Waals surface area contributed by atoms with Crippen molar-refractivity contribution in [1.82, 2.24) is 5.32 Å². The molecule has 0 unspecified atom stereocenters. The molecule has 1 atom stereocenters. The number of benzene rings is 2. The number of hydrogen-bond acceptors (Lipinski definition) is 5. The first-order chi connectivity index (χ1) is 13.6. The molecule has 29 heavy (non-hydrogen) atoms. The van der Waals surface area contributed by atoms with Crippen LogP contribution in [-0.2, 0) is 14.8 Å². The maximum absolute atomic E-state index is 12.6. The van der Waals surface area contributed by atoms with Crippen LogP contribution in [0.1, 0.15) is 18.1 Å². The standard InChI is InChI=1S/C21H28N2O5S/c1-15-11-16(2)13-18(12-15)23(29(5,25)26)17(3)21(24)22-9-10-28-20-8-6-7-19(14-20)27-4/h6-8,11-14,17H,9-10H2,1-5H3,(H,22,24)/t17-/m0/s1. The summed E-state index contributed by atoms with van der Waals surface area (Å²) in [5.74, 6) is 0.904. The summed E-state index contributed by atoms with van der Waals surface area (Å²) in [7, 11) is -2.08. The molecule has 0 heterocycles. The zero-order chi connectivity index (χ0) is 21.6. The minimum atomic E-state index is -3.65. The average Bonchev–Trinajstić information content (AvgIpc) is 2.63. The molecule has 7 nitrogen and oxygen atoms in total. The van der Waals surface area contributed by atoms with Crippen LogP contribution in [0.2, 0.25) is 0 Å². The van der Waals surface area contributed by atoms with Crippen molar-refractivity contribution >= 4 is 21.6 Å². The van der Waals surface area contributed by atoms with Crippen molar-refractivity contribution in [3.8, 4) is 11.5 Å². The van der Waals surface area contributed by atoms with Crippen LogP contribution in [-0.4, -0.2) is 46.9 Å². The Morgan fingerprint density at radius 1 is 1.10 bits per heavy atom. The summed E-state index contributed by atoms with van der Waals surface area (Å²) in [5.41, 5.74) is 2.32. The van der Waals surface area contributed by atoms with E-state index in [4.69, 9.17) is 9.47 Å². The third-order valence-electron chi connectivity index (χ3n) is 4.26. The number of carbonyl (C=O) groups excluding carboxylic acids is 1. The summed E-state index contributed by atoms with van der Waals surface area (Å²) in [6.07, 6.45) is 1.10. The summed E-state index contributed by atoms with van der Waals surface area (Å²) < 4.78 is 36.6. The third-order valence-corrected chi connectivity index (χ3v) is 5.50. The first kappa shape index (κ1) is 22.5. The number of amides is 1. The van der Waals surface area contributed by atoms with Gasteiger partial charge in [0.15, 0.2) is 0 Å². The summed E-state index contributed by atoms with van der Waals surface area (Å²) in [4.78, 5) is 12.6. The molecule has 0 aromatic heterocycles. The fraction of sp³-hybridized carbons (Fsp3) is 0.381. The molecule has 0 saturated carbocycles. The zero-order valence-electron chi connectivity index (χ0n) is 17.4. The lowest BCUT2D eigenvalue weighted by Gasteiger charge is -2.28. The number of nitrogens with zero attached hydrogens (tertiary/aromatic N) is 1. The Morgan fingerprint density at radius 2 is 1.72 bits per heavy atom. The van der Waals surface area contributed by atoms with Crippen molar-refractivity contribution < 1.29 is 22.7 Å². The predicted molar refractivity (Wildman–Crippen MR) is 114 cm³/mol. The minimum Gasteiger partial charge on any atom is -0.497 e. The van der Waals surface area contributed by atoms with Crippen LogP contribution in [0.5, 0.6) is 11.5 Å². The first-order valence-electron chi connectivity index (χ1n) is 9.24. The third kappa shape index (κ3) is 6.39. The highest BCUT2D eigenvalue weighted by atomic mass is 32.2. The van der Waals surface area contributed by atoms with Crippen molar-refractivity contribution in [3.05, 3.63) is 53.6 Å². The van der Waals surface area contributed by atoms with Gasteiger partial charge < -0.3 is 14.8 Å². The maximum Gasteiger partial charge on any atom is 0.243 e. The fourth-order valence-corrected chi connectivity index (χ4v) is 4.23. The molecule has 0 radical (unpaired) electrons. The van der Waals surface area contributed by atoms with E-state index in [1.165, 1.54) is 0 Å². The molecule has 1 N–H and O–H groups in total. The van der Waals surface area contributed by atoms with Crippen LogP contribution < -0.4 is 19.1 Å². The smallest absolute Gasteiger partial charge is 0.243 e. The number of ether oxygens (including phenoxy) is 2. The van der Waals surface area contributed by atoms with Crippen LogP contribution in [0.15, 0.2) is 42.5 Å². The topological polar surface area (TPSA) is 84.9 Å². The van der Waals surface area contributed by atoms with E-state index in [0.29, 0.717) is 17.2 Å². The molecule has 2 aromatic rings. The molecule has 0 spiro atoms. The Kier molecular flexibility index (Phi) is 7.50. The normalized spacial score (nSPS) is 12.2. The lowest BCUT2D eigenvalue weighted by Crippen LogP contribution is -2.48. The van der Waals surface area contributed by atoms with Gasteiger partial charge in [0.2, 0.25) is 15.9 Å². The molecule has 158 valence electrons. The highest BCUT2D eigenvalue weighted by molar-refractivity contribution is 7.92. The molecule has 0 aliphatic heterocycles. The Labute approximate surface area is 172 Å². The predicted octanol–water partition coefficient (Wildman–Crippen LogP) is 2.66. The van der Waals surface area contributed by atoms with Crippen molar-refractivity contribution in [1.29, 1.82) is 0 Å². The van der Waals surface area contributed by atoms with Crippen LogP contribution in [0.3, 0.4) is 0 Å². The lowest BCUT2D eigenvalue weighted by atomic mass is 10.1. The van der Waals surface area contributed by atoms with E-state index in [1.807, 2.05) is 32.0 Å². The Morgan fingerprint density at radius 3 is 2.31 bits per heavy atom. The van der Waals surface area contributed by atoms with Gasteiger partial charge in [-0.15, -0.1) is 0 Å². The number of rotatable bonds is 9. The summed E-state index contributed by atoms with van der Waals surface area (Å²) in [6.45, 7) is 5.82. The summed E-state index contributed by atoms with van der Waals surface area (Å²) >= 11 is 0. The van der Waals surface area contributed by atoms with Gasteiger partial charge in [-0.2, -0.15) is 0 Å². The summed E-state index contributed by atoms with van der Waals surface area (Å²) in [6, 6.07) is 11.7. The Hall–Kier alpha value is -2.74. The van der Waals surface area contributed by atoms with E-state index in [2.05, 4.69) is 5.32 Å². The van der Waals surface area contributed by atoms with E-state index >= 15 is 0 Å². The van der Waals surface area contributed by atoms with E-state index in [9.17, 15) is 13.2 Å². The number of sulfonamides is 1. The number of hydrogen-bond donors (Lipinski definition) is 1. The number of nitrogens with one attached hydrogen (secondary N) is 1. The zero-order valence-corrected chi connectivity index (χ0v) is 18.2. The molecular formula is C21H28N2O5S. The second kappa shape index (κ2) is 9.65. The molecule has 0 bridgehead atoms. The van der Waals surface area contributed by atoms with Crippen molar-refractivity contribution in [3.63, 3.8) is 0 Å². The van der Waals surface area contributed by atoms with Crippen molar-refractivity contribution in [2.45, 2.75) is 26.8 Å². The van der Waals surface area contributed by atoms with Crippen molar-refractivity contribution in [2.24, 2.45) is 0 Å². The Bertz CT molecular complexity index is 939. The highest BCUT2D eigenvalue weighted by Gasteiger charge is 2.29. The Balaban J connectivity index is 2.02. The van der Waals surface area contributed by atoms with Gasteiger partial charge in [-0.1, -0.05) is 12.1 Å². The van der Waals surface area contributed by atoms with Gasteiger partial charge in [-0.05, 0) is 56.2 Å². The van der Waals surface area contributed by atoms with Gasteiger partial charge in [0, 0.05) is 6.07 Å². The van der Waals surface area contributed by atoms with Gasteiger partial charge >= 0.3 is 0 Å². The van der Waals surface area contributed by atoms with Gasteiger partial charge in [-0.3, -0.25) is 9.10 Å². The molecule has 2 aromatic carbocycles. The molecule has 0 aliphatic rings. The SMILES string of the molecule is COc1cccc(OCCNC(=O)[C@H](C)N(c2cc(C)cc(C)c2)S(C)(=O)=O)c1. The van der Waals surface area contributed by atoms with Crippen LogP contribution in [0.4, 0.5) is 5.69 Å². The molecule has 1 amide bonds. The monoisotopic (exact) mass is 420 g/mol. The van der Waals surface area contributed by atoms with Gasteiger partial charge in [0.05, 0.1) is 25.6 Å². The van der Waals surface area contributed by atoms with Crippen LogP contribution >= 0.6 is 0 Å². The minimum absolute atomic E-state index is 0.241. The fourth-order valence-electron chi connectivity index (χ4n) is 3.07. The number of methoxy groups -OCH3 is 1. The summed E-state index contributed by atoms with van der Waals surface area (Å²) in [5, 5.41) is 2.73. The second-order valence-electron chi connectivity index (χ2n) is 6.90. The number of carbonyl (C=O) groups is 1. The lowest BCUT2D eigenvalue weighted by molar-refractivity contribution is -0.121. The van der Waals surface area contributed by atoms with Crippen LogP contribution in [0, 0.1) is 13.8 Å². The van der Waals surface area contributed by atoms with Gasteiger partial charge in [-0.25, -0.2) is 8.42 Å². The second-order valence-corrected chi connectivity index (χ2v) is 8.76. The first-order valence-corrected chi connectivity index (χ1v) is 11.1. The highest BCUT2D eigenvalue weighted by Crippen LogP contribution is 2.24. The van der Waals surface area contributed by atoms with E-state index < -0.39 is 22.0 Å². The molecule has 2 rings (SSSR count). The maximum atomic E-state index is 12.6. The number of aryl methyl sites for hydroxylation is 2. The van der Waals surface area contributed by atoms with E-state index in [1.54, 1.807) is 38.3 Å². The van der Waals surface area contributed by atoms with E-state index in [0.717, 1.165) is 21.7 Å². The van der Waals surface area contributed by atoms with E-state index in [-0.39, 0.29) is 13.2 Å². The quantitative estimate of drug-likeness (QED) is 0.631. The molecular weight excluding hydrogens is 392 g/mol. The van der Waals surface area contributed by atoms with Gasteiger partial charge in [0.25, 0.3) is 0 Å². The molecule has 0 fully saturated rings. The molecule has 0 saturated heterocycles. The van der Waals surface area contributed by atoms with Gasteiger partial charge in [0.1, 0.15) is 24.1 Å². The molecule has 8 heteroatoms. The average molecular weight is 421 g/mol. The number of anilines is 1. The van der Waals surface area contributed by atoms with Crippen molar-refractivity contribution in [2.75, 3.05) is 30.8 Å².